The predicted octanol–water partition coefficient (Wildman–Crippen LogP) is 2.66. The Balaban J connectivity index is 0.00000300. The summed E-state index contributed by atoms with van der Waals surface area (Å²) in [6.45, 7) is 3.72. The van der Waals surface area contributed by atoms with Crippen LogP contribution in [0.5, 0.6) is 0 Å². The zero-order valence-electron chi connectivity index (χ0n) is 17.3. The molecule has 0 aromatic heterocycles. The highest BCUT2D eigenvalue weighted by Crippen LogP contribution is 2.28. The maximum absolute atomic E-state index is 12.5. The number of methoxy groups -OCH3 is 1. The van der Waals surface area contributed by atoms with E-state index >= 15 is 0 Å². The Morgan fingerprint density at radius 1 is 1.10 bits per heavy atom. The van der Waals surface area contributed by atoms with E-state index in [1.54, 1.807) is 7.11 Å². The highest BCUT2D eigenvalue weighted by atomic mass is 35.5. The van der Waals surface area contributed by atoms with E-state index in [0.717, 1.165) is 57.2 Å². The monoisotopic (exact) mass is 423 g/mol. The van der Waals surface area contributed by atoms with Gasteiger partial charge >= 0.3 is 0 Å². The summed E-state index contributed by atoms with van der Waals surface area (Å²) < 4.78 is 5.41. The van der Waals surface area contributed by atoms with Crippen molar-refractivity contribution >= 4 is 24.2 Å². The number of piperidine rings is 1. The van der Waals surface area contributed by atoms with Gasteiger partial charge in [-0.25, -0.2) is 0 Å². The molecule has 1 heterocycles. The van der Waals surface area contributed by atoms with E-state index in [0.29, 0.717) is 25.3 Å². The Morgan fingerprint density at radius 3 is 2.38 bits per heavy atom. The first-order chi connectivity index (χ1) is 13.6. The van der Waals surface area contributed by atoms with Gasteiger partial charge in [0, 0.05) is 37.1 Å². The molecule has 2 amide bonds. The summed E-state index contributed by atoms with van der Waals surface area (Å²) in [4.78, 5) is 24.7. The number of hydrogen-bond acceptors (Lipinski definition) is 4. The third-order valence-corrected chi connectivity index (χ3v) is 6.15. The van der Waals surface area contributed by atoms with Crippen molar-refractivity contribution in [3.8, 4) is 0 Å². The Morgan fingerprint density at radius 2 is 1.76 bits per heavy atom. The third-order valence-electron chi connectivity index (χ3n) is 6.15. The van der Waals surface area contributed by atoms with Gasteiger partial charge in [-0.2, -0.15) is 0 Å². The van der Waals surface area contributed by atoms with Crippen molar-refractivity contribution in [1.29, 1.82) is 0 Å². The van der Waals surface area contributed by atoms with Gasteiger partial charge < -0.3 is 20.7 Å². The van der Waals surface area contributed by atoms with Gasteiger partial charge in [0.25, 0.3) is 5.91 Å². The van der Waals surface area contributed by atoms with Crippen LogP contribution in [-0.4, -0.2) is 45.2 Å². The van der Waals surface area contributed by atoms with Gasteiger partial charge in [-0.1, -0.05) is 25.0 Å². The molecule has 1 aromatic rings. The Kier molecular flexibility index (Phi) is 9.40. The predicted molar refractivity (Wildman–Crippen MR) is 116 cm³/mol. The fraction of sp³-hybridized carbons (Fsp3) is 0.636. The minimum absolute atomic E-state index is 0. The lowest BCUT2D eigenvalue weighted by atomic mass is 9.79. The molecule has 0 radical (unpaired) electrons. The van der Waals surface area contributed by atoms with Crippen molar-refractivity contribution in [3.63, 3.8) is 0 Å². The smallest absolute Gasteiger partial charge is 0.251 e. The minimum Gasteiger partial charge on any atom is -0.384 e. The van der Waals surface area contributed by atoms with Crippen molar-refractivity contribution in [2.45, 2.75) is 45.1 Å². The van der Waals surface area contributed by atoms with Crippen molar-refractivity contribution < 1.29 is 14.3 Å². The van der Waals surface area contributed by atoms with Crippen LogP contribution in [0, 0.1) is 11.3 Å². The van der Waals surface area contributed by atoms with Gasteiger partial charge in [-0.15, -0.1) is 12.4 Å². The molecule has 3 rings (SSSR count). The van der Waals surface area contributed by atoms with Gasteiger partial charge in [0.1, 0.15) is 0 Å². The van der Waals surface area contributed by atoms with Gasteiger partial charge in [0.05, 0.1) is 6.61 Å². The highest BCUT2D eigenvalue weighted by Gasteiger charge is 2.32. The molecular formula is C22H34ClN3O3. The molecule has 1 aliphatic heterocycles. The topological polar surface area (TPSA) is 79.5 Å². The fourth-order valence-corrected chi connectivity index (χ4v) is 4.30. The molecular weight excluding hydrogens is 390 g/mol. The molecule has 1 aromatic carbocycles. The average molecular weight is 424 g/mol. The number of carbonyl (C=O) groups is 2. The van der Waals surface area contributed by atoms with E-state index in [2.05, 4.69) is 16.0 Å². The first-order valence-electron chi connectivity index (χ1n) is 10.5. The van der Waals surface area contributed by atoms with E-state index in [1.807, 2.05) is 24.3 Å². The van der Waals surface area contributed by atoms with Gasteiger partial charge in [0.15, 0.2) is 0 Å². The fourth-order valence-electron chi connectivity index (χ4n) is 4.30. The maximum atomic E-state index is 12.5. The van der Waals surface area contributed by atoms with Crippen LogP contribution < -0.4 is 16.0 Å². The van der Waals surface area contributed by atoms with Gasteiger partial charge in [-0.05, 0) is 56.5 Å². The molecule has 0 atom stereocenters. The largest absolute Gasteiger partial charge is 0.384 e. The van der Waals surface area contributed by atoms with E-state index < -0.39 is 0 Å². The molecule has 0 bridgehead atoms. The first kappa shape index (κ1) is 23.6. The van der Waals surface area contributed by atoms with E-state index in [4.69, 9.17) is 4.74 Å². The lowest BCUT2D eigenvalue weighted by molar-refractivity contribution is -0.124. The Labute approximate surface area is 179 Å². The van der Waals surface area contributed by atoms with Crippen molar-refractivity contribution in [1.82, 2.24) is 16.0 Å². The molecule has 1 aliphatic carbocycles. The van der Waals surface area contributed by atoms with E-state index in [1.165, 1.54) is 0 Å². The summed E-state index contributed by atoms with van der Waals surface area (Å²) in [5.41, 5.74) is 1.67. The van der Waals surface area contributed by atoms with E-state index in [9.17, 15) is 9.59 Å². The van der Waals surface area contributed by atoms with Crippen LogP contribution in [0.4, 0.5) is 0 Å². The molecule has 0 spiro atoms. The summed E-state index contributed by atoms with van der Waals surface area (Å²) >= 11 is 0. The van der Waals surface area contributed by atoms with Crippen molar-refractivity contribution in [3.05, 3.63) is 35.4 Å². The molecule has 2 fully saturated rings. The highest BCUT2D eigenvalue weighted by molar-refractivity contribution is 5.94. The van der Waals surface area contributed by atoms with Crippen LogP contribution >= 0.6 is 12.4 Å². The molecule has 0 unspecified atom stereocenters. The lowest BCUT2D eigenvalue weighted by Crippen LogP contribution is -2.47. The summed E-state index contributed by atoms with van der Waals surface area (Å²) in [6.07, 6.45) is 6.33. The van der Waals surface area contributed by atoms with Crippen molar-refractivity contribution in [2.24, 2.45) is 11.3 Å². The molecule has 1 saturated carbocycles. The normalized spacial score (nSPS) is 18.7. The standard InChI is InChI=1S/C22H33N3O3.ClH/c1-28-16-22(10-12-23-13-11-22)15-25-21(27)19-8-6-17(7-9-19)14-24-20(26)18-4-2-3-5-18;/h6-9,18,23H,2-5,10-16H2,1H3,(H,24,26)(H,25,27);1H. The molecule has 7 heteroatoms. The summed E-state index contributed by atoms with van der Waals surface area (Å²) in [7, 11) is 1.72. The Hall–Kier alpha value is -1.63. The van der Waals surface area contributed by atoms with Crippen LogP contribution in [0.15, 0.2) is 24.3 Å². The van der Waals surface area contributed by atoms with Crippen molar-refractivity contribution in [2.75, 3.05) is 33.4 Å². The average Bonchev–Trinajstić information content (AvgIpc) is 3.27. The number of carbonyl (C=O) groups excluding carboxylic acids is 2. The molecule has 162 valence electrons. The molecule has 6 nitrogen and oxygen atoms in total. The molecule has 2 aliphatic rings. The number of halogens is 1. The number of ether oxygens (including phenoxy) is 1. The first-order valence-corrected chi connectivity index (χ1v) is 10.5. The number of rotatable bonds is 8. The maximum Gasteiger partial charge on any atom is 0.251 e. The zero-order valence-corrected chi connectivity index (χ0v) is 18.1. The SMILES string of the molecule is COCC1(CNC(=O)c2ccc(CNC(=O)C3CCCC3)cc2)CCNCC1.Cl. The van der Waals surface area contributed by atoms with Crippen LogP contribution in [0.2, 0.25) is 0 Å². The Bertz CT molecular complexity index is 648. The number of amides is 2. The second-order valence-corrected chi connectivity index (χ2v) is 8.26. The second-order valence-electron chi connectivity index (χ2n) is 8.26. The van der Waals surface area contributed by atoms with Crippen LogP contribution in [0.25, 0.3) is 0 Å². The molecule has 1 saturated heterocycles. The molecule has 29 heavy (non-hydrogen) atoms. The quantitative estimate of drug-likeness (QED) is 0.600. The number of nitrogens with one attached hydrogen (secondary N) is 3. The zero-order chi connectivity index (χ0) is 19.8. The van der Waals surface area contributed by atoms with Gasteiger partial charge in [0.2, 0.25) is 5.91 Å². The summed E-state index contributed by atoms with van der Waals surface area (Å²) in [5.74, 6) is 0.278. The van der Waals surface area contributed by atoms with Gasteiger partial charge in [-0.3, -0.25) is 9.59 Å². The van der Waals surface area contributed by atoms with Crippen LogP contribution in [0.1, 0.15) is 54.4 Å². The second kappa shape index (κ2) is 11.5. The number of hydrogen-bond donors (Lipinski definition) is 3. The summed E-state index contributed by atoms with van der Waals surface area (Å²) in [6, 6.07) is 7.49. The van der Waals surface area contributed by atoms with Crippen LogP contribution in [-0.2, 0) is 16.1 Å². The third kappa shape index (κ3) is 6.69. The minimum atomic E-state index is -0.0597. The summed E-state index contributed by atoms with van der Waals surface area (Å²) in [5, 5.41) is 9.46. The van der Waals surface area contributed by atoms with E-state index in [-0.39, 0.29) is 35.6 Å². The van der Waals surface area contributed by atoms with Crippen LogP contribution in [0.3, 0.4) is 0 Å². The lowest BCUT2D eigenvalue weighted by Gasteiger charge is -2.37. The number of benzene rings is 1. The molecule has 3 N–H and O–H groups in total.